The first-order valence-electron chi connectivity index (χ1n) is 12.6. The van der Waals surface area contributed by atoms with Crippen LogP contribution in [0.4, 0.5) is 5.82 Å². The molecule has 194 valence electrons. The van der Waals surface area contributed by atoms with Crippen LogP contribution in [0.2, 0.25) is 0 Å². The number of hydrogen-bond acceptors (Lipinski definition) is 9. The van der Waals surface area contributed by atoms with Crippen LogP contribution in [-0.2, 0) is 9.53 Å². The standard InChI is InChI=1S/C29H23N5O5/c1-14-17-5-3-2-4-15(17)8-16-6-7-18-25(24(14)16)19(9-21(37)27(18)38)33-28-26-29(31-12-30-28)34(13-32-26)23-10-20(36)22(11-35)39-23/h2-9,12-13,20,22-23,35-36H,10-11H2,1H3,(H,30,31,33)/t20-,22+,23+/m0/s1. The number of benzene rings is 3. The molecule has 3 N–H and O–H groups in total. The molecule has 0 spiro atoms. The summed E-state index contributed by atoms with van der Waals surface area (Å²) in [6, 6.07) is 13.7. The summed E-state index contributed by atoms with van der Waals surface area (Å²) in [6.07, 6.45) is 2.45. The number of fused-ring (bicyclic) bond motifs is 5. The Morgan fingerprint density at radius 1 is 1.10 bits per heavy atom. The molecule has 39 heavy (non-hydrogen) atoms. The van der Waals surface area contributed by atoms with Crippen LogP contribution < -0.4 is 5.32 Å². The van der Waals surface area contributed by atoms with Crippen LogP contribution in [0.1, 0.15) is 34.1 Å². The number of carbonyl (C=O) groups is 2. The first-order valence-corrected chi connectivity index (χ1v) is 12.6. The summed E-state index contributed by atoms with van der Waals surface area (Å²) in [6.45, 7) is 1.72. The van der Waals surface area contributed by atoms with Crippen molar-refractivity contribution in [2.24, 2.45) is 0 Å². The number of nitrogens with zero attached hydrogens (tertiary/aromatic N) is 4. The monoisotopic (exact) mass is 521 g/mol. The van der Waals surface area contributed by atoms with E-state index in [2.05, 4.69) is 32.4 Å². The smallest absolute Gasteiger partial charge is 0.233 e. The van der Waals surface area contributed by atoms with E-state index >= 15 is 0 Å². The quantitative estimate of drug-likeness (QED) is 0.240. The highest BCUT2D eigenvalue weighted by molar-refractivity contribution is 6.51. The number of allylic oxidation sites excluding steroid dienone is 1. The van der Waals surface area contributed by atoms with E-state index in [4.69, 9.17) is 4.74 Å². The highest BCUT2D eigenvalue weighted by Gasteiger charge is 2.35. The van der Waals surface area contributed by atoms with Crippen molar-refractivity contribution in [1.29, 1.82) is 0 Å². The van der Waals surface area contributed by atoms with Crippen LogP contribution in [0.15, 0.2) is 61.2 Å². The Balaban J connectivity index is 1.36. The Morgan fingerprint density at radius 2 is 1.95 bits per heavy atom. The lowest BCUT2D eigenvalue weighted by atomic mass is 9.85. The molecule has 2 aliphatic rings. The fraction of sp³-hybridized carbons (Fsp3) is 0.207. The zero-order valence-electron chi connectivity index (χ0n) is 20.8. The fourth-order valence-corrected chi connectivity index (χ4v) is 5.71. The average Bonchev–Trinajstić information content (AvgIpc) is 3.54. The van der Waals surface area contributed by atoms with Crippen LogP contribution in [0.3, 0.4) is 0 Å². The number of rotatable bonds is 4. The van der Waals surface area contributed by atoms with Gasteiger partial charge in [-0.15, -0.1) is 0 Å². The number of aliphatic hydroxyl groups is 2. The maximum atomic E-state index is 13.0. The van der Waals surface area contributed by atoms with Crippen molar-refractivity contribution in [3.63, 3.8) is 0 Å². The molecule has 5 aromatic rings. The lowest BCUT2D eigenvalue weighted by Gasteiger charge is -2.21. The molecule has 0 amide bonds. The number of aryl methyl sites for hydroxylation is 1. The summed E-state index contributed by atoms with van der Waals surface area (Å²) in [5.41, 5.74) is 3.30. The molecular weight excluding hydrogens is 498 g/mol. The van der Waals surface area contributed by atoms with Gasteiger partial charge in [0.25, 0.3) is 0 Å². The number of ether oxygens (including phenoxy) is 1. The third-order valence-electron chi connectivity index (χ3n) is 7.61. The van der Waals surface area contributed by atoms with E-state index in [0.29, 0.717) is 33.8 Å². The maximum Gasteiger partial charge on any atom is 0.233 e. The maximum absolute atomic E-state index is 13.0. The van der Waals surface area contributed by atoms with Gasteiger partial charge >= 0.3 is 0 Å². The predicted molar refractivity (Wildman–Crippen MR) is 144 cm³/mol. The molecule has 2 aromatic heterocycles. The van der Waals surface area contributed by atoms with E-state index in [9.17, 15) is 19.8 Å². The molecule has 1 aliphatic heterocycles. The molecule has 0 saturated carbocycles. The van der Waals surface area contributed by atoms with E-state index in [1.807, 2.05) is 31.2 Å². The second-order valence-corrected chi connectivity index (χ2v) is 9.85. The minimum Gasteiger partial charge on any atom is -0.394 e. The molecule has 0 bridgehead atoms. The molecule has 10 heteroatoms. The number of aromatic nitrogens is 4. The summed E-state index contributed by atoms with van der Waals surface area (Å²) in [5, 5.41) is 26.9. The molecule has 3 aromatic carbocycles. The van der Waals surface area contributed by atoms with Crippen molar-refractivity contribution in [1.82, 2.24) is 19.5 Å². The van der Waals surface area contributed by atoms with Crippen LogP contribution in [0.5, 0.6) is 0 Å². The minimum atomic E-state index is -0.808. The van der Waals surface area contributed by atoms with Gasteiger partial charge < -0.3 is 20.3 Å². The summed E-state index contributed by atoms with van der Waals surface area (Å²) >= 11 is 0. The van der Waals surface area contributed by atoms with Gasteiger partial charge in [-0.2, -0.15) is 0 Å². The number of anilines is 1. The lowest BCUT2D eigenvalue weighted by molar-refractivity contribution is -0.111. The SMILES string of the molecule is Cc1c2ccccc2cc2ccc3c(c12)C(Nc1ncnc2c1ncn2[C@H]1C[C@H](O)[C@@H](CO)O1)=CC(=O)C3=O. The third kappa shape index (κ3) is 3.57. The van der Waals surface area contributed by atoms with Gasteiger partial charge in [0.1, 0.15) is 18.7 Å². The Morgan fingerprint density at radius 3 is 2.77 bits per heavy atom. The highest BCUT2D eigenvalue weighted by atomic mass is 16.5. The molecule has 10 nitrogen and oxygen atoms in total. The van der Waals surface area contributed by atoms with E-state index in [1.165, 1.54) is 12.4 Å². The Hall–Kier alpha value is -4.51. The van der Waals surface area contributed by atoms with Crippen LogP contribution >= 0.6 is 0 Å². The Kier molecular flexibility index (Phi) is 5.31. The molecule has 1 saturated heterocycles. The van der Waals surface area contributed by atoms with Gasteiger partial charge in [-0.1, -0.05) is 30.3 Å². The van der Waals surface area contributed by atoms with Crippen molar-refractivity contribution in [2.45, 2.75) is 31.8 Å². The van der Waals surface area contributed by atoms with Gasteiger partial charge in [0.05, 0.1) is 24.7 Å². The lowest BCUT2D eigenvalue weighted by Crippen LogP contribution is -2.24. The number of imidazole rings is 1. The average molecular weight is 522 g/mol. The van der Waals surface area contributed by atoms with Crippen molar-refractivity contribution in [3.8, 4) is 0 Å². The van der Waals surface area contributed by atoms with Crippen molar-refractivity contribution >= 4 is 55.8 Å². The molecule has 3 atom stereocenters. The molecule has 3 heterocycles. The normalized spacial score (nSPS) is 21.1. The van der Waals surface area contributed by atoms with Crippen LogP contribution in [0, 0.1) is 6.92 Å². The number of aliphatic hydroxyl groups excluding tert-OH is 2. The van der Waals surface area contributed by atoms with Crippen molar-refractivity contribution < 1.29 is 24.5 Å². The largest absolute Gasteiger partial charge is 0.394 e. The number of hydrogen-bond donors (Lipinski definition) is 3. The van der Waals surface area contributed by atoms with Crippen molar-refractivity contribution in [2.75, 3.05) is 11.9 Å². The van der Waals surface area contributed by atoms with Crippen LogP contribution in [-0.4, -0.2) is 60.1 Å². The van der Waals surface area contributed by atoms with E-state index < -0.39 is 30.0 Å². The van der Waals surface area contributed by atoms with E-state index in [1.54, 1.807) is 17.0 Å². The fourth-order valence-electron chi connectivity index (χ4n) is 5.71. The van der Waals surface area contributed by atoms with Crippen molar-refractivity contribution in [3.05, 3.63) is 77.9 Å². The molecule has 0 radical (unpaired) electrons. The minimum absolute atomic E-state index is 0.276. The predicted octanol–water partition coefficient (Wildman–Crippen LogP) is 3.30. The van der Waals surface area contributed by atoms with Gasteiger partial charge in [0, 0.05) is 23.6 Å². The second kappa shape index (κ2) is 8.77. The molecule has 1 aliphatic carbocycles. The van der Waals surface area contributed by atoms with Gasteiger partial charge in [0.15, 0.2) is 17.0 Å². The summed E-state index contributed by atoms with van der Waals surface area (Å²) in [4.78, 5) is 39.0. The molecular formula is C29H23N5O5. The zero-order valence-corrected chi connectivity index (χ0v) is 20.8. The summed E-state index contributed by atoms with van der Waals surface area (Å²) in [7, 11) is 0. The second-order valence-electron chi connectivity index (χ2n) is 9.85. The number of carbonyl (C=O) groups excluding carboxylic acids is 2. The summed E-state index contributed by atoms with van der Waals surface area (Å²) in [5.74, 6) is -0.828. The Bertz CT molecular complexity index is 1880. The highest BCUT2D eigenvalue weighted by Crippen LogP contribution is 2.38. The molecule has 0 unspecified atom stereocenters. The third-order valence-corrected chi connectivity index (χ3v) is 7.61. The topological polar surface area (TPSA) is 139 Å². The van der Waals surface area contributed by atoms with E-state index in [-0.39, 0.29) is 13.0 Å². The van der Waals surface area contributed by atoms with Crippen LogP contribution in [0.25, 0.3) is 38.4 Å². The van der Waals surface area contributed by atoms with Gasteiger partial charge in [0.2, 0.25) is 11.6 Å². The zero-order chi connectivity index (χ0) is 26.8. The van der Waals surface area contributed by atoms with E-state index in [0.717, 1.165) is 27.1 Å². The molecule has 7 rings (SSSR count). The summed E-state index contributed by atoms with van der Waals surface area (Å²) < 4.78 is 7.47. The molecule has 1 fully saturated rings. The first kappa shape index (κ1) is 23.6. The first-order chi connectivity index (χ1) is 18.9. The van der Waals surface area contributed by atoms with Gasteiger partial charge in [-0.25, -0.2) is 15.0 Å². The van der Waals surface area contributed by atoms with Gasteiger partial charge in [-0.05, 0) is 46.2 Å². The Labute approximate surface area is 221 Å². The van der Waals surface area contributed by atoms with Gasteiger partial charge in [-0.3, -0.25) is 14.2 Å². The number of nitrogens with one attached hydrogen (secondary N) is 1. The number of ketones is 2. The number of Topliss-reactive ketones (excluding diaryl/α,β-unsaturated/α-hetero) is 1.